The molecule has 1 fully saturated rings. The summed E-state index contributed by atoms with van der Waals surface area (Å²) < 4.78 is 54.8. The van der Waals surface area contributed by atoms with Gasteiger partial charge in [-0.2, -0.15) is 0 Å². The molecule has 1 N–H and O–H groups in total. The molecule has 0 aliphatic carbocycles. The summed E-state index contributed by atoms with van der Waals surface area (Å²) in [5, 5.41) is 10.9. The molecule has 1 aliphatic rings. The molecule has 172 valence electrons. The van der Waals surface area contributed by atoms with E-state index in [0.29, 0.717) is 15.4 Å². The second kappa shape index (κ2) is 10.2. The quantitative estimate of drug-likeness (QED) is 0.121. The maximum atomic E-state index is 12.4. The fourth-order valence-corrected chi connectivity index (χ4v) is 8.93. The summed E-state index contributed by atoms with van der Waals surface area (Å²) in [6.07, 6.45) is -4.48. The third-order valence-electron chi connectivity index (χ3n) is 3.79. The molecular formula is C15H15Cl2F3IN5O4S. The Morgan fingerprint density at radius 3 is 2.77 bits per heavy atom. The molecule has 3 rings (SSSR count). The Morgan fingerprint density at radius 2 is 2.13 bits per heavy atom. The summed E-state index contributed by atoms with van der Waals surface area (Å²) in [5.41, 5.74) is 0.0849. The fourth-order valence-electron chi connectivity index (χ4n) is 2.38. The number of rotatable bonds is 6. The van der Waals surface area contributed by atoms with Crippen LogP contribution in [-0.2, 0) is 4.74 Å². The first kappa shape index (κ1) is 24.6. The zero-order valence-electron chi connectivity index (χ0n) is 15.4. The van der Waals surface area contributed by atoms with Crippen molar-refractivity contribution in [2.45, 2.75) is 18.8 Å². The van der Waals surface area contributed by atoms with Crippen molar-refractivity contribution in [1.82, 2.24) is 20.5 Å². The Hall–Kier alpha value is -1.07. The Morgan fingerprint density at radius 1 is 1.35 bits per heavy atom. The first-order chi connectivity index (χ1) is 14.5. The van der Waals surface area contributed by atoms with Crippen LogP contribution in [-0.4, -0.2) is 49.6 Å². The van der Waals surface area contributed by atoms with Gasteiger partial charge in [-0.25, -0.2) is 0 Å². The number of amides is 1. The molecule has 2 aromatic heterocycles. The molecule has 0 saturated carbocycles. The van der Waals surface area contributed by atoms with Crippen molar-refractivity contribution in [3.05, 3.63) is 33.9 Å². The molecule has 1 aliphatic heterocycles. The number of ether oxygens (including phenoxy) is 2. The van der Waals surface area contributed by atoms with Gasteiger partial charge in [0, 0.05) is 0 Å². The topological polar surface area (TPSA) is 112 Å². The normalized spacial score (nSPS) is 23.7. The molecule has 3 heterocycles. The summed E-state index contributed by atoms with van der Waals surface area (Å²) in [6, 6.07) is 2.58. The Kier molecular flexibility index (Phi) is 8.12. The van der Waals surface area contributed by atoms with Gasteiger partial charge in [-0.3, -0.25) is 0 Å². The molecule has 16 heteroatoms. The van der Waals surface area contributed by atoms with E-state index in [1.165, 1.54) is 12.1 Å². The second-order valence-electron chi connectivity index (χ2n) is 6.02. The summed E-state index contributed by atoms with van der Waals surface area (Å²) in [4.78, 5) is 16.3. The van der Waals surface area contributed by atoms with E-state index < -0.39 is 42.4 Å². The second-order valence-corrected chi connectivity index (χ2v) is 17.6. The summed E-state index contributed by atoms with van der Waals surface area (Å²) in [5.74, 6) is -0.305. The average molecular weight is 616 g/mol. The molecule has 1 saturated heterocycles. The van der Waals surface area contributed by atoms with E-state index in [4.69, 9.17) is 32.4 Å². The van der Waals surface area contributed by atoms with Crippen LogP contribution >= 0.6 is 49.9 Å². The van der Waals surface area contributed by atoms with Crippen LogP contribution in [0.4, 0.5) is 13.2 Å². The van der Waals surface area contributed by atoms with Crippen LogP contribution in [0.25, 0.3) is 0 Å². The molecular weight excluding hydrogens is 601 g/mol. The monoisotopic (exact) mass is 615 g/mol. The van der Waals surface area contributed by atoms with Crippen molar-refractivity contribution in [2.24, 2.45) is 3.15 Å². The van der Waals surface area contributed by atoms with Gasteiger partial charge >= 0.3 is 192 Å². The fraction of sp³-hybridized carbons (Fsp3) is 0.467. The maximum absolute atomic E-state index is 12.4. The van der Waals surface area contributed by atoms with Gasteiger partial charge < -0.3 is 0 Å². The SMILES string of the molecule is O=C(N=I1(S)CC[C@H](c2nnc(OCCOC(F)(F)F)o2)NC1)c1ccc(Cl)c(Cl)n1. The van der Waals surface area contributed by atoms with Gasteiger partial charge in [0.05, 0.1) is 0 Å². The van der Waals surface area contributed by atoms with Crippen molar-refractivity contribution in [1.29, 1.82) is 0 Å². The predicted molar refractivity (Wildman–Crippen MR) is 116 cm³/mol. The number of nitrogens with one attached hydrogen (secondary N) is 1. The number of pyridine rings is 1. The number of hydrogen-bond acceptors (Lipinski definition) is 8. The van der Waals surface area contributed by atoms with Crippen LogP contribution in [0.3, 0.4) is 0 Å². The average Bonchev–Trinajstić information content (AvgIpc) is 3.16. The Labute approximate surface area is 191 Å². The molecule has 31 heavy (non-hydrogen) atoms. The van der Waals surface area contributed by atoms with Crippen LogP contribution in [0.1, 0.15) is 28.8 Å². The summed E-state index contributed by atoms with van der Waals surface area (Å²) in [7, 11) is 4.67. The van der Waals surface area contributed by atoms with Crippen molar-refractivity contribution in [3.8, 4) is 6.08 Å². The standard InChI is InChI=1S/C15H15Cl2F3IN5O4S/c16-8-1-2-9(23-11(8)17)12(27)24-21(31)4-3-10(22-7-21)13-25-26-14(30-13)28-5-6-29-15(18,19)20/h1-2,10,22H,3-7H2,(H,24,27,31)/t10-/m1/s1. The zero-order chi connectivity index (χ0) is 22.6. The molecule has 2 atom stereocenters. The van der Waals surface area contributed by atoms with Crippen LogP contribution in [0.15, 0.2) is 19.7 Å². The Bertz CT molecular complexity index is 997. The molecule has 0 bridgehead atoms. The minimum atomic E-state index is -4.73. The van der Waals surface area contributed by atoms with E-state index in [2.05, 4.69) is 38.2 Å². The van der Waals surface area contributed by atoms with Gasteiger partial charge in [-0.1, -0.05) is 0 Å². The van der Waals surface area contributed by atoms with Gasteiger partial charge in [-0.15, -0.1) is 0 Å². The number of nitrogens with zero attached hydrogens (tertiary/aromatic N) is 4. The first-order valence-corrected chi connectivity index (χ1v) is 16.5. The Balaban J connectivity index is 1.55. The van der Waals surface area contributed by atoms with Crippen LogP contribution in [0, 0.1) is 0 Å². The molecule has 0 aromatic carbocycles. The predicted octanol–water partition coefficient (Wildman–Crippen LogP) is 4.59. The third-order valence-corrected chi connectivity index (χ3v) is 12.3. The van der Waals surface area contributed by atoms with E-state index in [-0.39, 0.29) is 33.9 Å². The zero-order valence-corrected chi connectivity index (χ0v) is 20.0. The summed E-state index contributed by atoms with van der Waals surface area (Å²) >= 11 is 8.54. The van der Waals surface area contributed by atoms with Crippen molar-refractivity contribution in [2.75, 3.05) is 22.2 Å². The molecule has 2 aromatic rings. The van der Waals surface area contributed by atoms with E-state index in [0.717, 1.165) is 0 Å². The van der Waals surface area contributed by atoms with E-state index in [1.54, 1.807) is 0 Å². The van der Waals surface area contributed by atoms with Crippen molar-refractivity contribution < 1.29 is 31.9 Å². The van der Waals surface area contributed by atoms with Crippen molar-refractivity contribution >= 4 is 55.8 Å². The van der Waals surface area contributed by atoms with Gasteiger partial charge in [0.2, 0.25) is 0 Å². The van der Waals surface area contributed by atoms with Gasteiger partial charge in [0.15, 0.2) is 0 Å². The minimum absolute atomic E-state index is 0.0174. The number of thiol groups is 1. The number of carbonyl (C=O) groups excluding carboxylic acids is 1. The molecule has 1 unspecified atom stereocenters. The number of carbonyl (C=O) groups is 1. The van der Waals surface area contributed by atoms with Crippen LogP contribution < -0.4 is 10.1 Å². The van der Waals surface area contributed by atoms with E-state index in [9.17, 15) is 18.0 Å². The van der Waals surface area contributed by atoms with E-state index >= 15 is 0 Å². The third kappa shape index (κ3) is 7.21. The van der Waals surface area contributed by atoms with Crippen molar-refractivity contribution in [3.63, 3.8) is 0 Å². The molecule has 9 nitrogen and oxygen atoms in total. The number of alkyl halides is 5. The van der Waals surface area contributed by atoms with Crippen LogP contribution in [0.2, 0.25) is 10.2 Å². The van der Waals surface area contributed by atoms with Gasteiger partial charge in [-0.05, 0) is 0 Å². The first-order valence-electron chi connectivity index (χ1n) is 8.48. The number of aromatic nitrogens is 3. The van der Waals surface area contributed by atoms with Gasteiger partial charge in [0.1, 0.15) is 0 Å². The number of hydrogen-bond donors (Lipinski definition) is 2. The molecule has 0 radical (unpaired) electrons. The van der Waals surface area contributed by atoms with E-state index in [1.807, 2.05) is 0 Å². The summed E-state index contributed by atoms with van der Waals surface area (Å²) in [6.45, 7) is -1.11. The van der Waals surface area contributed by atoms with Gasteiger partial charge in [0.25, 0.3) is 0 Å². The molecule has 0 spiro atoms. The number of halogens is 6. The van der Waals surface area contributed by atoms with Crippen LogP contribution in [0.5, 0.6) is 6.08 Å². The molecule has 1 amide bonds.